The standard InChI is InChI=1S/C26H24N2O4/c1-17(12-26(29)28-15-19-6-4-5-11-27-19)21-13-22-23(16-32-25(22)14-24(21)31-3)18-7-9-20(30-2)10-8-18/h4-14,16H,15H2,1-3H3,(H,28,29)/b17-12+. The number of aromatic nitrogens is 1. The van der Waals surface area contributed by atoms with Crippen LogP contribution in [-0.2, 0) is 11.3 Å². The molecule has 0 aliphatic heterocycles. The number of carbonyl (C=O) groups is 1. The fraction of sp³-hybridized carbons (Fsp3) is 0.154. The van der Waals surface area contributed by atoms with Crippen molar-refractivity contribution in [3.8, 4) is 22.6 Å². The summed E-state index contributed by atoms with van der Waals surface area (Å²) in [5, 5.41) is 3.81. The van der Waals surface area contributed by atoms with Gasteiger partial charge in [-0.2, -0.15) is 0 Å². The normalized spacial score (nSPS) is 11.4. The quantitative estimate of drug-likeness (QED) is 0.408. The van der Waals surface area contributed by atoms with Crippen molar-refractivity contribution in [3.05, 3.63) is 84.4 Å². The van der Waals surface area contributed by atoms with Gasteiger partial charge < -0.3 is 19.2 Å². The van der Waals surface area contributed by atoms with E-state index in [4.69, 9.17) is 13.9 Å². The van der Waals surface area contributed by atoms with E-state index < -0.39 is 0 Å². The van der Waals surface area contributed by atoms with E-state index in [2.05, 4.69) is 10.3 Å². The molecule has 2 aromatic heterocycles. The number of carbonyl (C=O) groups excluding carboxylic acids is 1. The molecule has 0 saturated carbocycles. The molecule has 0 aliphatic carbocycles. The number of fused-ring (bicyclic) bond motifs is 1. The highest BCUT2D eigenvalue weighted by molar-refractivity contribution is 6.00. The van der Waals surface area contributed by atoms with E-state index >= 15 is 0 Å². The second kappa shape index (κ2) is 9.39. The molecule has 0 aliphatic rings. The van der Waals surface area contributed by atoms with Crippen LogP contribution in [0.2, 0.25) is 0 Å². The maximum Gasteiger partial charge on any atom is 0.244 e. The first-order valence-electron chi connectivity index (χ1n) is 10.2. The minimum atomic E-state index is -0.196. The maximum atomic E-state index is 12.5. The molecule has 2 heterocycles. The van der Waals surface area contributed by atoms with Gasteiger partial charge >= 0.3 is 0 Å². The van der Waals surface area contributed by atoms with Gasteiger partial charge in [0.25, 0.3) is 0 Å². The molecular formula is C26H24N2O4. The lowest BCUT2D eigenvalue weighted by atomic mass is 9.99. The maximum absolute atomic E-state index is 12.5. The zero-order valence-corrected chi connectivity index (χ0v) is 18.2. The fourth-order valence-corrected chi connectivity index (χ4v) is 3.53. The number of hydrogen-bond acceptors (Lipinski definition) is 5. The third kappa shape index (κ3) is 4.49. The van der Waals surface area contributed by atoms with Crippen LogP contribution in [0.4, 0.5) is 0 Å². The second-order valence-corrected chi connectivity index (χ2v) is 7.29. The van der Waals surface area contributed by atoms with Crippen molar-refractivity contribution in [1.82, 2.24) is 10.3 Å². The zero-order valence-electron chi connectivity index (χ0n) is 18.2. The Hall–Kier alpha value is -4.06. The number of methoxy groups -OCH3 is 2. The lowest BCUT2D eigenvalue weighted by molar-refractivity contribution is -0.116. The van der Waals surface area contributed by atoms with Gasteiger partial charge in [-0.15, -0.1) is 0 Å². The Kier molecular flexibility index (Phi) is 6.22. The van der Waals surface area contributed by atoms with Crippen molar-refractivity contribution in [1.29, 1.82) is 0 Å². The molecule has 0 fully saturated rings. The van der Waals surface area contributed by atoms with Crippen LogP contribution in [0.25, 0.3) is 27.7 Å². The summed E-state index contributed by atoms with van der Waals surface area (Å²) in [5.74, 6) is 1.23. The zero-order chi connectivity index (χ0) is 22.5. The Morgan fingerprint density at radius 2 is 1.91 bits per heavy atom. The van der Waals surface area contributed by atoms with Gasteiger partial charge in [-0.05, 0) is 48.4 Å². The van der Waals surface area contributed by atoms with E-state index in [0.29, 0.717) is 17.9 Å². The SMILES string of the molecule is COc1ccc(-c2coc3cc(OC)c(/C(C)=C/C(=O)NCc4ccccn4)cc23)cc1. The Labute approximate surface area is 186 Å². The number of amides is 1. The Morgan fingerprint density at radius 3 is 2.59 bits per heavy atom. The van der Waals surface area contributed by atoms with E-state index in [1.54, 1.807) is 32.8 Å². The summed E-state index contributed by atoms with van der Waals surface area (Å²) in [5.41, 5.74) is 5.08. The predicted molar refractivity (Wildman–Crippen MR) is 124 cm³/mol. The summed E-state index contributed by atoms with van der Waals surface area (Å²) in [6, 6.07) is 17.2. The number of pyridine rings is 1. The highest BCUT2D eigenvalue weighted by Gasteiger charge is 2.15. The first-order valence-corrected chi connectivity index (χ1v) is 10.2. The average molecular weight is 428 g/mol. The lowest BCUT2D eigenvalue weighted by Crippen LogP contribution is -2.21. The van der Waals surface area contributed by atoms with Crippen molar-refractivity contribution in [3.63, 3.8) is 0 Å². The summed E-state index contributed by atoms with van der Waals surface area (Å²) >= 11 is 0. The molecule has 162 valence electrons. The summed E-state index contributed by atoms with van der Waals surface area (Å²) in [6.45, 7) is 2.25. The third-order valence-electron chi connectivity index (χ3n) is 5.24. The van der Waals surface area contributed by atoms with E-state index in [9.17, 15) is 4.79 Å². The van der Waals surface area contributed by atoms with Crippen molar-refractivity contribution in [2.75, 3.05) is 14.2 Å². The molecule has 6 nitrogen and oxygen atoms in total. The highest BCUT2D eigenvalue weighted by atomic mass is 16.5. The summed E-state index contributed by atoms with van der Waals surface area (Å²) in [4.78, 5) is 16.7. The molecule has 32 heavy (non-hydrogen) atoms. The first kappa shape index (κ1) is 21.2. The number of nitrogens with zero attached hydrogens (tertiary/aromatic N) is 1. The number of rotatable bonds is 7. The molecule has 4 aromatic rings. The summed E-state index contributed by atoms with van der Waals surface area (Å²) in [7, 11) is 3.24. The van der Waals surface area contributed by atoms with Crippen LogP contribution in [0, 0.1) is 0 Å². The molecule has 6 heteroatoms. The first-order chi connectivity index (χ1) is 15.6. The van der Waals surface area contributed by atoms with Crippen LogP contribution in [0.1, 0.15) is 18.2 Å². The van der Waals surface area contributed by atoms with E-state index in [0.717, 1.165) is 39.1 Å². The molecular weight excluding hydrogens is 404 g/mol. The molecule has 1 N–H and O–H groups in total. The smallest absolute Gasteiger partial charge is 0.244 e. The van der Waals surface area contributed by atoms with Crippen molar-refractivity contribution >= 4 is 22.4 Å². The van der Waals surface area contributed by atoms with Gasteiger partial charge in [-0.25, -0.2) is 0 Å². The van der Waals surface area contributed by atoms with Gasteiger partial charge in [0, 0.05) is 34.9 Å². The Morgan fingerprint density at radius 1 is 1.09 bits per heavy atom. The van der Waals surface area contributed by atoms with Crippen molar-refractivity contribution in [2.45, 2.75) is 13.5 Å². The fourth-order valence-electron chi connectivity index (χ4n) is 3.53. The molecule has 0 spiro atoms. The topological polar surface area (TPSA) is 73.6 Å². The van der Waals surface area contributed by atoms with Gasteiger partial charge in [0.2, 0.25) is 5.91 Å². The predicted octanol–water partition coefficient (Wildman–Crippen LogP) is 5.23. The van der Waals surface area contributed by atoms with Gasteiger partial charge in [0.05, 0.1) is 32.7 Å². The molecule has 1 amide bonds. The van der Waals surface area contributed by atoms with Crippen LogP contribution in [0.5, 0.6) is 11.5 Å². The molecule has 4 rings (SSSR count). The number of furan rings is 1. The van der Waals surface area contributed by atoms with Gasteiger partial charge in [0.15, 0.2) is 0 Å². The van der Waals surface area contributed by atoms with Crippen molar-refractivity contribution < 1.29 is 18.7 Å². The number of ether oxygens (including phenoxy) is 2. The highest BCUT2D eigenvalue weighted by Crippen LogP contribution is 2.37. The molecule has 0 radical (unpaired) electrons. The van der Waals surface area contributed by atoms with Crippen molar-refractivity contribution in [2.24, 2.45) is 0 Å². The molecule has 0 unspecified atom stereocenters. The second-order valence-electron chi connectivity index (χ2n) is 7.29. The van der Waals surface area contributed by atoms with Gasteiger partial charge in [-0.3, -0.25) is 9.78 Å². The molecule has 0 atom stereocenters. The molecule has 2 aromatic carbocycles. The van der Waals surface area contributed by atoms with Crippen LogP contribution >= 0.6 is 0 Å². The molecule has 0 bridgehead atoms. The largest absolute Gasteiger partial charge is 0.497 e. The molecule has 0 saturated heterocycles. The van der Waals surface area contributed by atoms with E-state index in [-0.39, 0.29) is 5.91 Å². The lowest BCUT2D eigenvalue weighted by Gasteiger charge is -2.10. The number of allylic oxidation sites excluding steroid dienone is 1. The summed E-state index contributed by atoms with van der Waals surface area (Å²) in [6.07, 6.45) is 5.00. The number of hydrogen-bond donors (Lipinski definition) is 1. The number of benzene rings is 2. The monoisotopic (exact) mass is 428 g/mol. The third-order valence-corrected chi connectivity index (χ3v) is 5.24. The number of nitrogens with one attached hydrogen (secondary N) is 1. The van der Waals surface area contributed by atoms with Crippen LogP contribution in [0.15, 0.2) is 77.6 Å². The summed E-state index contributed by atoms with van der Waals surface area (Å²) < 4.78 is 16.6. The van der Waals surface area contributed by atoms with Crippen LogP contribution in [-0.4, -0.2) is 25.1 Å². The van der Waals surface area contributed by atoms with Gasteiger partial charge in [-0.1, -0.05) is 18.2 Å². The Bertz CT molecular complexity index is 1260. The minimum absolute atomic E-state index is 0.196. The van der Waals surface area contributed by atoms with Crippen LogP contribution in [0.3, 0.4) is 0 Å². The van der Waals surface area contributed by atoms with E-state index in [1.807, 2.05) is 61.5 Å². The van der Waals surface area contributed by atoms with Crippen LogP contribution < -0.4 is 14.8 Å². The van der Waals surface area contributed by atoms with Gasteiger partial charge in [0.1, 0.15) is 17.1 Å². The van der Waals surface area contributed by atoms with E-state index in [1.165, 1.54) is 0 Å². The average Bonchev–Trinajstić information content (AvgIpc) is 3.25. The Balaban J connectivity index is 1.64. The minimum Gasteiger partial charge on any atom is -0.497 e.